The van der Waals surface area contributed by atoms with E-state index in [9.17, 15) is 10.1 Å². The predicted octanol–water partition coefficient (Wildman–Crippen LogP) is 4.55. The molecule has 2 atom stereocenters. The van der Waals surface area contributed by atoms with Gasteiger partial charge in [0.25, 0.3) is 5.56 Å². The van der Waals surface area contributed by atoms with Crippen molar-refractivity contribution < 1.29 is 0 Å². The van der Waals surface area contributed by atoms with Crippen LogP contribution < -0.4 is 16.2 Å². The first kappa shape index (κ1) is 20.3. The number of aromatic nitrogens is 1. The Morgan fingerprint density at radius 3 is 3.00 bits per heavy atom. The van der Waals surface area contributed by atoms with Gasteiger partial charge in [0.05, 0.1) is 22.4 Å². The van der Waals surface area contributed by atoms with Crippen LogP contribution >= 0.6 is 23.1 Å². The second-order valence-electron chi connectivity index (χ2n) is 6.78. The van der Waals surface area contributed by atoms with E-state index in [4.69, 9.17) is 11.6 Å². The monoisotopic (exact) mass is 415 g/mol. The molecule has 2 aromatic rings. The lowest BCUT2D eigenvalue weighted by Crippen LogP contribution is -2.38. The number of hydrogen-bond acceptors (Lipinski definition) is 6. The lowest BCUT2D eigenvalue weighted by Gasteiger charge is -2.29. The molecular weight excluding hydrogens is 394 g/mol. The van der Waals surface area contributed by atoms with Gasteiger partial charge >= 0.3 is 0 Å². The van der Waals surface area contributed by atoms with Gasteiger partial charge in [-0.1, -0.05) is 31.2 Å². The van der Waals surface area contributed by atoms with Crippen molar-refractivity contribution in [2.24, 2.45) is 10.9 Å². The van der Waals surface area contributed by atoms with Gasteiger partial charge in [-0.2, -0.15) is 5.26 Å². The van der Waals surface area contributed by atoms with E-state index in [1.165, 1.54) is 11.5 Å². The molecule has 2 heterocycles. The molecule has 146 valence electrons. The molecule has 3 rings (SSSR count). The average Bonchev–Trinajstić information content (AvgIpc) is 3.00. The minimum absolute atomic E-state index is 0.0847. The highest BCUT2D eigenvalue weighted by atomic mass is 35.5. The highest BCUT2D eigenvalue weighted by Crippen LogP contribution is 2.37. The summed E-state index contributed by atoms with van der Waals surface area (Å²) in [6.07, 6.45) is 4.06. The molecule has 28 heavy (non-hydrogen) atoms. The van der Waals surface area contributed by atoms with Gasteiger partial charge in [-0.05, 0) is 61.6 Å². The number of anilines is 2. The molecule has 0 bridgehead atoms. The first-order chi connectivity index (χ1) is 13.5. The molecule has 1 aliphatic rings. The Morgan fingerprint density at radius 2 is 2.32 bits per heavy atom. The first-order valence-corrected chi connectivity index (χ1v) is 10.2. The maximum absolute atomic E-state index is 12.9. The van der Waals surface area contributed by atoms with Crippen molar-refractivity contribution in [2.45, 2.75) is 26.3 Å². The van der Waals surface area contributed by atoms with Gasteiger partial charge in [0.1, 0.15) is 11.1 Å². The van der Waals surface area contributed by atoms with E-state index in [2.05, 4.69) is 35.2 Å². The van der Waals surface area contributed by atoms with Crippen LogP contribution in [0.4, 0.5) is 16.4 Å². The van der Waals surface area contributed by atoms with Crippen LogP contribution in [0.15, 0.2) is 34.6 Å². The fourth-order valence-electron chi connectivity index (χ4n) is 3.35. The van der Waals surface area contributed by atoms with Gasteiger partial charge < -0.3 is 10.6 Å². The molecule has 0 aliphatic carbocycles. The molecule has 1 aromatic heterocycles. The average molecular weight is 416 g/mol. The van der Waals surface area contributed by atoms with E-state index in [1.807, 2.05) is 13.0 Å². The number of aliphatic imine (C=N–C) groups is 1. The van der Waals surface area contributed by atoms with E-state index in [0.717, 1.165) is 30.8 Å². The van der Waals surface area contributed by atoms with Crippen LogP contribution in [0.1, 0.15) is 30.5 Å². The van der Waals surface area contributed by atoms with Crippen LogP contribution in [0.2, 0.25) is 5.02 Å². The molecule has 0 saturated carbocycles. The number of nitriles is 1. The quantitative estimate of drug-likeness (QED) is 0.702. The minimum Gasteiger partial charge on any atom is -0.343 e. The molecule has 1 aromatic carbocycles. The van der Waals surface area contributed by atoms with Crippen molar-refractivity contribution in [2.75, 3.05) is 18.4 Å². The van der Waals surface area contributed by atoms with Crippen LogP contribution in [0, 0.1) is 24.2 Å². The fourth-order valence-corrected chi connectivity index (χ4v) is 4.79. The SMILES string of the molecule is C=CC=Nc1ccc(Cl)c(Nc2sn([C@@H]3CCNC[C@@H]3C)c(=O)c2C#N)c1C. The number of nitrogens with zero attached hydrogens (tertiary/aromatic N) is 3. The van der Waals surface area contributed by atoms with Crippen molar-refractivity contribution in [3.8, 4) is 6.07 Å². The Morgan fingerprint density at radius 1 is 1.54 bits per heavy atom. The number of benzene rings is 1. The van der Waals surface area contributed by atoms with E-state index in [0.29, 0.717) is 21.6 Å². The molecule has 1 aliphatic heterocycles. The molecule has 0 spiro atoms. The van der Waals surface area contributed by atoms with Crippen LogP contribution in [-0.2, 0) is 0 Å². The number of hydrogen-bond donors (Lipinski definition) is 2. The number of halogens is 1. The summed E-state index contributed by atoms with van der Waals surface area (Å²) in [6.45, 7) is 9.35. The normalized spacial score (nSPS) is 19.5. The van der Waals surface area contributed by atoms with Gasteiger partial charge in [0.15, 0.2) is 5.56 Å². The summed E-state index contributed by atoms with van der Waals surface area (Å²) in [5.41, 5.74) is 2.08. The summed E-state index contributed by atoms with van der Waals surface area (Å²) >= 11 is 7.68. The Hall–Kier alpha value is -2.40. The summed E-state index contributed by atoms with van der Waals surface area (Å²) in [5, 5.41) is 17.2. The van der Waals surface area contributed by atoms with Crippen LogP contribution in [0.3, 0.4) is 0 Å². The van der Waals surface area contributed by atoms with Crippen LogP contribution in [0.5, 0.6) is 0 Å². The Kier molecular flexibility index (Phi) is 6.35. The van der Waals surface area contributed by atoms with Gasteiger partial charge in [-0.15, -0.1) is 0 Å². The summed E-state index contributed by atoms with van der Waals surface area (Å²) in [7, 11) is 0. The van der Waals surface area contributed by atoms with Gasteiger partial charge in [0.2, 0.25) is 0 Å². The third-order valence-corrected chi connectivity index (χ3v) is 6.36. The lowest BCUT2D eigenvalue weighted by atomic mass is 9.96. The topological polar surface area (TPSA) is 82.2 Å². The summed E-state index contributed by atoms with van der Waals surface area (Å²) in [4.78, 5) is 17.2. The van der Waals surface area contributed by atoms with E-state index in [-0.39, 0.29) is 17.2 Å². The van der Waals surface area contributed by atoms with Crippen LogP contribution in [-0.4, -0.2) is 23.3 Å². The molecule has 0 unspecified atom stereocenters. The fraction of sp³-hybridized carbons (Fsp3) is 0.350. The molecule has 1 saturated heterocycles. The molecule has 2 N–H and O–H groups in total. The Labute approximate surface area is 173 Å². The summed E-state index contributed by atoms with van der Waals surface area (Å²) < 4.78 is 1.73. The van der Waals surface area contributed by atoms with Crippen molar-refractivity contribution >= 4 is 45.7 Å². The smallest absolute Gasteiger partial charge is 0.281 e. The number of allylic oxidation sites excluding steroid dienone is 1. The molecule has 8 heteroatoms. The minimum atomic E-state index is -0.247. The largest absolute Gasteiger partial charge is 0.343 e. The Balaban J connectivity index is 2.03. The highest BCUT2D eigenvalue weighted by molar-refractivity contribution is 7.11. The third kappa shape index (κ3) is 3.90. The zero-order valence-electron chi connectivity index (χ0n) is 15.8. The zero-order valence-corrected chi connectivity index (χ0v) is 17.4. The maximum Gasteiger partial charge on any atom is 0.281 e. The predicted molar refractivity (Wildman–Crippen MR) is 117 cm³/mol. The Bertz CT molecular complexity index is 1020. The van der Waals surface area contributed by atoms with Crippen molar-refractivity contribution in [3.63, 3.8) is 0 Å². The maximum atomic E-state index is 12.9. The van der Waals surface area contributed by atoms with Crippen molar-refractivity contribution in [3.05, 3.63) is 51.3 Å². The summed E-state index contributed by atoms with van der Waals surface area (Å²) in [6, 6.07) is 5.71. The zero-order chi connectivity index (χ0) is 20.3. The molecule has 0 amide bonds. The second kappa shape index (κ2) is 8.74. The molecular formula is C20H22ClN5OS. The van der Waals surface area contributed by atoms with E-state index in [1.54, 1.807) is 22.3 Å². The van der Waals surface area contributed by atoms with Crippen LogP contribution in [0.25, 0.3) is 0 Å². The van der Waals surface area contributed by atoms with Crippen molar-refractivity contribution in [1.82, 2.24) is 9.27 Å². The van der Waals surface area contributed by atoms with Gasteiger partial charge in [-0.3, -0.25) is 13.7 Å². The molecule has 1 fully saturated rings. The van der Waals surface area contributed by atoms with E-state index >= 15 is 0 Å². The third-order valence-electron chi connectivity index (χ3n) is 4.93. The molecule has 6 nitrogen and oxygen atoms in total. The van der Waals surface area contributed by atoms with Crippen molar-refractivity contribution in [1.29, 1.82) is 5.26 Å². The van der Waals surface area contributed by atoms with Gasteiger partial charge in [-0.25, -0.2) is 0 Å². The first-order valence-electron chi connectivity index (χ1n) is 9.05. The lowest BCUT2D eigenvalue weighted by molar-refractivity contribution is 0.283. The molecule has 0 radical (unpaired) electrons. The van der Waals surface area contributed by atoms with E-state index < -0.39 is 0 Å². The number of rotatable bonds is 5. The standard InChI is InChI=1S/C20H22ClN5OS/c1-4-8-24-16-6-5-15(21)18(13(16)3)25-19-14(10-22)20(27)26(28-19)17-7-9-23-11-12(17)2/h4-6,8,12,17,23,25H,1,7,9,11H2,2-3H3/t12-,17+/m0/s1. The summed E-state index contributed by atoms with van der Waals surface area (Å²) in [5.74, 6) is 0.311. The second-order valence-corrected chi connectivity index (χ2v) is 8.17. The van der Waals surface area contributed by atoms with Gasteiger partial charge in [0, 0.05) is 6.21 Å². The number of piperidine rings is 1. The number of nitrogens with one attached hydrogen (secondary N) is 2. The highest BCUT2D eigenvalue weighted by Gasteiger charge is 2.28.